The second kappa shape index (κ2) is 50.8. The molecule has 0 aliphatic heterocycles. The van der Waals surface area contributed by atoms with E-state index in [1.54, 1.807) is 0 Å². The number of hydrogen-bond acceptors (Lipinski definition) is 6. The van der Waals surface area contributed by atoms with Crippen LogP contribution < -0.4 is 0 Å². The van der Waals surface area contributed by atoms with Crippen molar-refractivity contribution < 1.29 is 28.6 Å². The number of carbonyl (C=O) groups is 3. The van der Waals surface area contributed by atoms with Gasteiger partial charge in [-0.05, 0) is 103 Å². The molecule has 62 heavy (non-hydrogen) atoms. The maximum absolute atomic E-state index is 12.8. The van der Waals surface area contributed by atoms with Crippen molar-refractivity contribution >= 4 is 17.9 Å². The molecule has 0 aromatic heterocycles. The summed E-state index contributed by atoms with van der Waals surface area (Å²) in [5, 5.41) is 0. The molecule has 0 aliphatic rings. The molecule has 0 aromatic carbocycles. The van der Waals surface area contributed by atoms with Gasteiger partial charge in [-0.25, -0.2) is 0 Å². The van der Waals surface area contributed by atoms with E-state index in [-0.39, 0.29) is 31.1 Å². The Kier molecular flexibility index (Phi) is 48.4. The minimum atomic E-state index is -0.788. The minimum absolute atomic E-state index is 0.0871. The number of allylic oxidation sites excluding steroid dienone is 10. The summed E-state index contributed by atoms with van der Waals surface area (Å²) < 4.78 is 16.8. The lowest BCUT2D eigenvalue weighted by atomic mass is 10.1. The third-order valence-corrected chi connectivity index (χ3v) is 11.2. The van der Waals surface area contributed by atoms with E-state index >= 15 is 0 Å². The Balaban J connectivity index is 4.43. The highest BCUT2D eigenvalue weighted by molar-refractivity contribution is 5.71. The van der Waals surface area contributed by atoms with E-state index in [2.05, 4.69) is 81.5 Å². The molecule has 0 bridgehead atoms. The summed E-state index contributed by atoms with van der Waals surface area (Å²) >= 11 is 0. The van der Waals surface area contributed by atoms with Gasteiger partial charge in [0.05, 0.1) is 0 Å². The molecular formula is C56H98O6. The Bertz CT molecular complexity index is 1130. The van der Waals surface area contributed by atoms with Gasteiger partial charge in [0.1, 0.15) is 13.2 Å². The van der Waals surface area contributed by atoms with Crippen LogP contribution in [0, 0.1) is 0 Å². The van der Waals surface area contributed by atoms with Crippen LogP contribution in [0.3, 0.4) is 0 Å². The third kappa shape index (κ3) is 48.1. The Morgan fingerprint density at radius 1 is 0.339 bits per heavy atom. The van der Waals surface area contributed by atoms with Gasteiger partial charge in [0.2, 0.25) is 0 Å². The number of rotatable bonds is 47. The lowest BCUT2D eigenvalue weighted by Gasteiger charge is -2.18. The smallest absolute Gasteiger partial charge is 0.306 e. The van der Waals surface area contributed by atoms with Gasteiger partial charge in [-0.2, -0.15) is 0 Å². The molecule has 0 radical (unpaired) electrons. The van der Waals surface area contributed by atoms with E-state index in [9.17, 15) is 14.4 Å². The molecule has 0 aromatic rings. The topological polar surface area (TPSA) is 78.9 Å². The van der Waals surface area contributed by atoms with Crippen molar-refractivity contribution in [3.05, 3.63) is 60.8 Å². The summed E-state index contributed by atoms with van der Waals surface area (Å²) in [4.78, 5) is 38.0. The SMILES string of the molecule is CC/C=C\C/C=C\C/C=C\CCCCCCCC(=O)OC[C@@H](COC(=O)CCCCCCC/C=C\CCCCCCC)OC(=O)CCCCCCC/C=C\CCCCCCCC. The third-order valence-electron chi connectivity index (χ3n) is 11.2. The average Bonchev–Trinajstić information content (AvgIpc) is 3.27. The molecule has 6 nitrogen and oxygen atoms in total. The van der Waals surface area contributed by atoms with Gasteiger partial charge in [-0.1, -0.05) is 197 Å². The van der Waals surface area contributed by atoms with Crippen LogP contribution in [0.15, 0.2) is 60.8 Å². The number of esters is 3. The maximum atomic E-state index is 12.8. The van der Waals surface area contributed by atoms with Crippen molar-refractivity contribution in [3.63, 3.8) is 0 Å². The molecule has 0 aliphatic carbocycles. The maximum Gasteiger partial charge on any atom is 0.306 e. The molecule has 0 fully saturated rings. The van der Waals surface area contributed by atoms with Gasteiger partial charge in [0, 0.05) is 19.3 Å². The fraction of sp³-hybridized carbons (Fsp3) is 0.768. The predicted molar refractivity (Wildman–Crippen MR) is 265 cm³/mol. The number of hydrogen-bond donors (Lipinski definition) is 0. The first kappa shape index (κ1) is 59.1. The lowest BCUT2D eigenvalue weighted by molar-refractivity contribution is -0.167. The summed E-state index contributed by atoms with van der Waals surface area (Å²) in [5.41, 5.74) is 0. The van der Waals surface area contributed by atoms with E-state index in [0.717, 1.165) is 116 Å². The van der Waals surface area contributed by atoms with E-state index < -0.39 is 6.10 Å². The molecule has 0 amide bonds. The Labute approximate surface area is 383 Å². The molecule has 1 atom stereocenters. The zero-order valence-electron chi connectivity index (χ0n) is 40.9. The normalized spacial score (nSPS) is 12.5. The second-order valence-electron chi connectivity index (χ2n) is 17.4. The molecule has 0 saturated carbocycles. The van der Waals surface area contributed by atoms with Crippen molar-refractivity contribution in [1.82, 2.24) is 0 Å². The first-order chi connectivity index (χ1) is 30.5. The molecule has 0 N–H and O–H groups in total. The summed E-state index contributed by atoms with van der Waals surface area (Å²) in [7, 11) is 0. The van der Waals surface area contributed by atoms with E-state index in [1.165, 1.54) is 103 Å². The van der Waals surface area contributed by atoms with Gasteiger partial charge >= 0.3 is 17.9 Å². The van der Waals surface area contributed by atoms with Gasteiger partial charge in [0.15, 0.2) is 6.10 Å². The molecule has 0 heterocycles. The van der Waals surface area contributed by atoms with Crippen LogP contribution in [0.5, 0.6) is 0 Å². The van der Waals surface area contributed by atoms with Crippen molar-refractivity contribution in [2.24, 2.45) is 0 Å². The van der Waals surface area contributed by atoms with Gasteiger partial charge in [0.25, 0.3) is 0 Å². The van der Waals surface area contributed by atoms with E-state index in [1.807, 2.05) is 0 Å². The average molecular weight is 867 g/mol. The Morgan fingerprint density at radius 2 is 0.629 bits per heavy atom. The first-order valence-corrected chi connectivity index (χ1v) is 26.3. The monoisotopic (exact) mass is 867 g/mol. The van der Waals surface area contributed by atoms with Gasteiger partial charge in [-0.3, -0.25) is 14.4 Å². The molecule has 0 unspecified atom stereocenters. The zero-order chi connectivity index (χ0) is 45.1. The highest BCUT2D eigenvalue weighted by atomic mass is 16.6. The van der Waals surface area contributed by atoms with Crippen LogP contribution in [-0.4, -0.2) is 37.2 Å². The molecule has 6 heteroatoms. The largest absolute Gasteiger partial charge is 0.462 e. The van der Waals surface area contributed by atoms with Crippen molar-refractivity contribution in [1.29, 1.82) is 0 Å². The summed E-state index contributed by atoms with van der Waals surface area (Å²) in [6.45, 7) is 6.49. The fourth-order valence-corrected chi connectivity index (χ4v) is 7.27. The molecule has 0 saturated heterocycles. The van der Waals surface area contributed by atoms with E-state index in [0.29, 0.717) is 19.3 Å². The molecule has 0 rings (SSSR count). The second-order valence-corrected chi connectivity index (χ2v) is 17.4. The van der Waals surface area contributed by atoms with Crippen LogP contribution in [0.2, 0.25) is 0 Å². The van der Waals surface area contributed by atoms with Crippen LogP contribution in [0.1, 0.15) is 258 Å². The number of ether oxygens (including phenoxy) is 3. The van der Waals surface area contributed by atoms with Crippen molar-refractivity contribution in [3.8, 4) is 0 Å². The lowest BCUT2D eigenvalue weighted by Crippen LogP contribution is -2.30. The summed E-state index contributed by atoms with van der Waals surface area (Å²) in [6.07, 6.45) is 62.0. The van der Waals surface area contributed by atoms with Gasteiger partial charge < -0.3 is 14.2 Å². The van der Waals surface area contributed by atoms with Crippen LogP contribution in [-0.2, 0) is 28.6 Å². The highest BCUT2D eigenvalue weighted by Crippen LogP contribution is 2.14. The summed E-state index contributed by atoms with van der Waals surface area (Å²) in [5.74, 6) is -0.916. The molecular weight excluding hydrogens is 769 g/mol. The number of unbranched alkanes of at least 4 members (excludes halogenated alkanes) is 26. The Hall–Kier alpha value is -2.89. The minimum Gasteiger partial charge on any atom is -0.462 e. The standard InChI is InChI=1S/C56H98O6/c1-4-7-10-13-16-19-22-25-28-31-34-37-40-43-46-49-55(58)61-52-53(51-60-54(57)48-45-42-39-36-33-30-27-24-21-18-15-12-9-6-3)62-56(59)50-47-44-41-38-35-32-29-26-23-20-17-14-11-8-5-2/h7,10,16,19,24-29,53H,4-6,8-9,11-15,17-18,20-23,30-52H2,1-3H3/b10-7-,19-16-,27-24-,28-25-,29-26-/t53-/m1/s1. The van der Waals surface area contributed by atoms with Crippen LogP contribution in [0.4, 0.5) is 0 Å². The van der Waals surface area contributed by atoms with E-state index in [4.69, 9.17) is 14.2 Å². The van der Waals surface area contributed by atoms with Gasteiger partial charge in [-0.15, -0.1) is 0 Å². The predicted octanol–water partition coefficient (Wildman–Crippen LogP) is 17.3. The van der Waals surface area contributed by atoms with Crippen molar-refractivity contribution in [2.45, 2.75) is 264 Å². The zero-order valence-corrected chi connectivity index (χ0v) is 40.9. The molecule has 358 valence electrons. The quantitative estimate of drug-likeness (QED) is 0.0262. The fourth-order valence-electron chi connectivity index (χ4n) is 7.27. The van der Waals surface area contributed by atoms with Crippen LogP contribution >= 0.6 is 0 Å². The summed E-state index contributed by atoms with van der Waals surface area (Å²) in [6, 6.07) is 0. The Morgan fingerprint density at radius 3 is 1.00 bits per heavy atom. The van der Waals surface area contributed by atoms with Crippen molar-refractivity contribution in [2.75, 3.05) is 13.2 Å². The first-order valence-electron chi connectivity index (χ1n) is 26.3. The molecule has 0 spiro atoms. The highest BCUT2D eigenvalue weighted by Gasteiger charge is 2.19. The van der Waals surface area contributed by atoms with Crippen LogP contribution in [0.25, 0.3) is 0 Å². The number of carbonyl (C=O) groups excluding carboxylic acids is 3.